The van der Waals surface area contributed by atoms with Gasteiger partial charge in [-0.05, 0) is 32.6 Å². The lowest BCUT2D eigenvalue weighted by Crippen LogP contribution is -2.56. The standard InChI is InChI=1S/C12H24N2O/c1-10(2)14-6-5-13-12(9-14)11-3-7-15-8-4-11/h10-13H,3-9H2,1-2H3/t12-/m1/s1. The van der Waals surface area contributed by atoms with E-state index in [-0.39, 0.29) is 0 Å². The van der Waals surface area contributed by atoms with Gasteiger partial charge in [0.2, 0.25) is 0 Å². The van der Waals surface area contributed by atoms with Gasteiger partial charge < -0.3 is 10.1 Å². The van der Waals surface area contributed by atoms with Crippen LogP contribution in [0.3, 0.4) is 0 Å². The Balaban J connectivity index is 1.85. The van der Waals surface area contributed by atoms with Crippen LogP contribution < -0.4 is 5.32 Å². The highest BCUT2D eigenvalue weighted by atomic mass is 16.5. The molecule has 0 bridgehead atoms. The zero-order valence-electron chi connectivity index (χ0n) is 10.0. The maximum atomic E-state index is 5.42. The van der Waals surface area contributed by atoms with Crippen LogP contribution in [0.4, 0.5) is 0 Å². The van der Waals surface area contributed by atoms with Crippen molar-refractivity contribution in [1.82, 2.24) is 10.2 Å². The Morgan fingerprint density at radius 3 is 2.67 bits per heavy atom. The van der Waals surface area contributed by atoms with E-state index in [1.165, 1.54) is 25.9 Å². The zero-order valence-corrected chi connectivity index (χ0v) is 10.0. The highest BCUT2D eigenvalue weighted by Gasteiger charge is 2.28. The van der Waals surface area contributed by atoms with Crippen molar-refractivity contribution >= 4 is 0 Å². The van der Waals surface area contributed by atoms with Crippen LogP contribution in [0.1, 0.15) is 26.7 Å². The summed E-state index contributed by atoms with van der Waals surface area (Å²) in [5.74, 6) is 0.834. The van der Waals surface area contributed by atoms with Crippen molar-refractivity contribution in [2.45, 2.75) is 38.8 Å². The largest absolute Gasteiger partial charge is 0.381 e. The monoisotopic (exact) mass is 212 g/mol. The third-order valence-electron chi connectivity index (χ3n) is 3.80. The predicted octanol–water partition coefficient (Wildman–Crippen LogP) is 1.10. The molecule has 0 unspecified atom stereocenters. The molecule has 0 aliphatic carbocycles. The predicted molar refractivity (Wildman–Crippen MR) is 62.0 cm³/mol. The molecule has 88 valence electrons. The summed E-state index contributed by atoms with van der Waals surface area (Å²) in [7, 11) is 0. The van der Waals surface area contributed by atoms with E-state index in [0.29, 0.717) is 12.1 Å². The molecule has 2 aliphatic heterocycles. The maximum Gasteiger partial charge on any atom is 0.0469 e. The van der Waals surface area contributed by atoms with Gasteiger partial charge in [0.25, 0.3) is 0 Å². The Morgan fingerprint density at radius 2 is 2.00 bits per heavy atom. The molecule has 3 nitrogen and oxygen atoms in total. The van der Waals surface area contributed by atoms with E-state index < -0.39 is 0 Å². The maximum absolute atomic E-state index is 5.42. The van der Waals surface area contributed by atoms with Gasteiger partial charge in [0.05, 0.1) is 0 Å². The molecule has 1 atom stereocenters. The van der Waals surface area contributed by atoms with E-state index in [0.717, 1.165) is 25.7 Å². The van der Waals surface area contributed by atoms with Crippen molar-refractivity contribution in [2.75, 3.05) is 32.8 Å². The second-order valence-electron chi connectivity index (χ2n) is 5.10. The Kier molecular flexibility index (Phi) is 4.00. The summed E-state index contributed by atoms with van der Waals surface area (Å²) >= 11 is 0. The van der Waals surface area contributed by atoms with Crippen LogP contribution in [0.25, 0.3) is 0 Å². The van der Waals surface area contributed by atoms with Crippen LogP contribution in [0, 0.1) is 5.92 Å². The molecule has 0 amide bonds. The van der Waals surface area contributed by atoms with E-state index in [2.05, 4.69) is 24.1 Å². The SMILES string of the molecule is CC(C)N1CCN[C@@H](C2CCOCC2)C1. The normalized spacial score (nSPS) is 31.0. The molecule has 2 rings (SSSR count). The number of ether oxygens (including phenoxy) is 1. The fourth-order valence-corrected chi connectivity index (χ4v) is 2.70. The average molecular weight is 212 g/mol. The van der Waals surface area contributed by atoms with E-state index in [1.807, 2.05) is 0 Å². The van der Waals surface area contributed by atoms with Crippen molar-refractivity contribution in [3.63, 3.8) is 0 Å². The van der Waals surface area contributed by atoms with Crippen LogP contribution in [0.15, 0.2) is 0 Å². The molecule has 2 fully saturated rings. The quantitative estimate of drug-likeness (QED) is 0.742. The van der Waals surface area contributed by atoms with Crippen molar-refractivity contribution in [3.8, 4) is 0 Å². The smallest absolute Gasteiger partial charge is 0.0469 e. The third-order valence-corrected chi connectivity index (χ3v) is 3.80. The summed E-state index contributed by atoms with van der Waals surface area (Å²) < 4.78 is 5.42. The minimum atomic E-state index is 0.689. The van der Waals surface area contributed by atoms with Crippen LogP contribution in [-0.2, 0) is 4.74 Å². The molecule has 3 heteroatoms. The number of nitrogens with one attached hydrogen (secondary N) is 1. The first-order chi connectivity index (χ1) is 7.27. The molecule has 15 heavy (non-hydrogen) atoms. The van der Waals surface area contributed by atoms with Crippen LogP contribution in [0.5, 0.6) is 0 Å². The lowest BCUT2D eigenvalue weighted by Gasteiger charge is -2.40. The van der Waals surface area contributed by atoms with Gasteiger partial charge in [0.15, 0.2) is 0 Å². The molecule has 0 radical (unpaired) electrons. The number of hydrogen-bond acceptors (Lipinski definition) is 3. The average Bonchev–Trinajstić information content (AvgIpc) is 2.30. The van der Waals surface area contributed by atoms with Gasteiger partial charge in [-0.25, -0.2) is 0 Å². The molecular formula is C12H24N2O. The number of rotatable bonds is 2. The first-order valence-electron chi connectivity index (χ1n) is 6.32. The van der Waals surface area contributed by atoms with Gasteiger partial charge in [-0.3, -0.25) is 4.90 Å². The first-order valence-corrected chi connectivity index (χ1v) is 6.32. The summed E-state index contributed by atoms with van der Waals surface area (Å²) in [5, 5.41) is 3.68. The lowest BCUT2D eigenvalue weighted by molar-refractivity contribution is 0.0369. The van der Waals surface area contributed by atoms with Gasteiger partial charge in [-0.2, -0.15) is 0 Å². The molecule has 1 N–H and O–H groups in total. The summed E-state index contributed by atoms with van der Waals surface area (Å²) in [6.07, 6.45) is 2.48. The van der Waals surface area contributed by atoms with E-state index in [1.54, 1.807) is 0 Å². The first kappa shape index (κ1) is 11.4. The lowest BCUT2D eigenvalue weighted by atomic mass is 9.90. The van der Waals surface area contributed by atoms with E-state index >= 15 is 0 Å². The Labute approximate surface area is 93.2 Å². The van der Waals surface area contributed by atoms with Gasteiger partial charge in [0.1, 0.15) is 0 Å². The number of piperazine rings is 1. The number of nitrogens with zero attached hydrogens (tertiary/aromatic N) is 1. The summed E-state index contributed by atoms with van der Waals surface area (Å²) in [6.45, 7) is 10.1. The fourth-order valence-electron chi connectivity index (χ4n) is 2.70. The molecule has 0 spiro atoms. The van der Waals surface area contributed by atoms with E-state index in [9.17, 15) is 0 Å². The highest BCUT2D eigenvalue weighted by molar-refractivity contribution is 4.86. The number of hydrogen-bond donors (Lipinski definition) is 1. The topological polar surface area (TPSA) is 24.5 Å². The molecule has 2 saturated heterocycles. The molecule has 0 aromatic carbocycles. The molecule has 2 heterocycles. The molecule has 0 aromatic rings. The molecular weight excluding hydrogens is 188 g/mol. The van der Waals surface area contributed by atoms with E-state index in [4.69, 9.17) is 4.74 Å². The summed E-state index contributed by atoms with van der Waals surface area (Å²) in [6, 6.07) is 1.39. The van der Waals surface area contributed by atoms with Gasteiger partial charge in [-0.15, -0.1) is 0 Å². The Morgan fingerprint density at radius 1 is 1.27 bits per heavy atom. The van der Waals surface area contributed by atoms with Gasteiger partial charge >= 0.3 is 0 Å². The van der Waals surface area contributed by atoms with Crippen molar-refractivity contribution in [2.24, 2.45) is 5.92 Å². The molecule has 0 saturated carbocycles. The second-order valence-corrected chi connectivity index (χ2v) is 5.10. The van der Waals surface area contributed by atoms with Crippen molar-refractivity contribution < 1.29 is 4.74 Å². The summed E-state index contributed by atoms with van der Waals surface area (Å²) in [5.41, 5.74) is 0. The minimum Gasteiger partial charge on any atom is -0.381 e. The van der Waals surface area contributed by atoms with Gasteiger partial charge in [0, 0.05) is 44.9 Å². The second kappa shape index (κ2) is 5.28. The molecule has 2 aliphatic rings. The highest BCUT2D eigenvalue weighted by Crippen LogP contribution is 2.21. The Bertz CT molecular complexity index is 190. The zero-order chi connectivity index (χ0) is 10.7. The van der Waals surface area contributed by atoms with Crippen LogP contribution in [0.2, 0.25) is 0 Å². The van der Waals surface area contributed by atoms with Crippen molar-refractivity contribution in [1.29, 1.82) is 0 Å². The van der Waals surface area contributed by atoms with Crippen LogP contribution >= 0.6 is 0 Å². The minimum absolute atomic E-state index is 0.689. The summed E-state index contributed by atoms with van der Waals surface area (Å²) in [4.78, 5) is 2.59. The van der Waals surface area contributed by atoms with Gasteiger partial charge in [-0.1, -0.05) is 0 Å². The van der Waals surface area contributed by atoms with Crippen molar-refractivity contribution in [3.05, 3.63) is 0 Å². The third kappa shape index (κ3) is 2.92. The fraction of sp³-hybridized carbons (Fsp3) is 1.00. The Hall–Kier alpha value is -0.120. The molecule has 0 aromatic heterocycles. The van der Waals surface area contributed by atoms with Crippen LogP contribution in [-0.4, -0.2) is 49.8 Å².